The molecule has 1 aromatic heterocycles. The second-order valence-corrected chi connectivity index (χ2v) is 5.56. The Morgan fingerprint density at radius 3 is 2.58 bits per heavy atom. The van der Waals surface area contributed by atoms with Crippen LogP contribution in [0.5, 0.6) is 5.75 Å². The lowest BCUT2D eigenvalue weighted by Crippen LogP contribution is -2.07. The number of hydrogen-bond acceptors (Lipinski definition) is 3. The predicted octanol–water partition coefficient (Wildman–Crippen LogP) is 3.79. The maximum absolute atomic E-state index is 6.24. The van der Waals surface area contributed by atoms with E-state index in [9.17, 15) is 0 Å². The minimum atomic E-state index is 0.283. The van der Waals surface area contributed by atoms with Crippen molar-refractivity contribution in [1.82, 2.24) is 9.55 Å². The van der Waals surface area contributed by atoms with Crippen molar-refractivity contribution >= 4 is 21.7 Å². The number of anilines is 1. The standard InChI is InChI=1S/C14H18BrN3O/c1-8(2)18-9(3)17-13(14(18)16)11-7-10(19-4)5-6-12(11)15/h5-8H,16H2,1-4H3. The Bertz CT molecular complexity index is 605. The number of ether oxygens (including phenoxy) is 1. The summed E-state index contributed by atoms with van der Waals surface area (Å²) in [5.74, 6) is 2.38. The van der Waals surface area contributed by atoms with Crippen LogP contribution in [0.25, 0.3) is 11.3 Å². The highest BCUT2D eigenvalue weighted by atomic mass is 79.9. The largest absolute Gasteiger partial charge is 0.497 e. The Kier molecular flexibility index (Phi) is 3.85. The quantitative estimate of drug-likeness (QED) is 0.934. The molecule has 0 saturated carbocycles. The summed E-state index contributed by atoms with van der Waals surface area (Å²) in [5.41, 5.74) is 7.97. The van der Waals surface area contributed by atoms with Crippen molar-refractivity contribution in [3.05, 3.63) is 28.5 Å². The molecule has 0 unspecified atom stereocenters. The number of nitrogens with two attached hydrogens (primary N) is 1. The summed E-state index contributed by atoms with van der Waals surface area (Å²) in [6, 6.07) is 6.06. The summed E-state index contributed by atoms with van der Waals surface area (Å²) in [4.78, 5) is 4.59. The molecule has 0 aliphatic heterocycles. The first-order valence-corrected chi connectivity index (χ1v) is 6.93. The van der Waals surface area contributed by atoms with Crippen LogP contribution in [0.4, 0.5) is 5.82 Å². The maximum Gasteiger partial charge on any atom is 0.132 e. The Hall–Kier alpha value is -1.49. The van der Waals surface area contributed by atoms with E-state index in [1.165, 1.54) is 0 Å². The van der Waals surface area contributed by atoms with Gasteiger partial charge in [0.25, 0.3) is 0 Å². The number of methoxy groups -OCH3 is 1. The third-order valence-corrected chi connectivity index (χ3v) is 3.76. The van der Waals surface area contributed by atoms with Gasteiger partial charge in [0, 0.05) is 16.1 Å². The van der Waals surface area contributed by atoms with Crippen LogP contribution in [-0.2, 0) is 0 Å². The second-order valence-electron chi connectivity index (χ2n) is 4.70. The SMILES string of the molecule is COc1ccc(Br)c(-c2nc(C)n(C(C)C)c2N)c1. The van der Waals surface area contributed by atoms with Gasteiger partial charge in [0.05, 0.1) is 7.11 Å². The molecular formula is C14H18BrN3O. The number of halogens is 1. The zero-order chi connectivity index (χ0) is 14.2. The van der Waals surface area contributed by atoms with Crippen LogP contribution in [0, 0.1) is 6.92 Å². The maximum atomic E-state index is 6.24. The van der Waals surface area contributed by atoms with Crippen LogP contribution in [0.3, 0.4) is 0 Å². The van der Waals surface area contributed by atoms with E-state index in [0.717, 1.165) is 27.3 Å². The molecule has 0 bridgehead atoms. The van der Waals surface area contributed by atoms with Gasteiger partial charge in [0.2, 0.25) is 0 Å². The van der Waals surface area contributed by atoms with Gasteiger partial charge in [-0.1, -0.05) is 15.9 Å². The van der Waals surface area contributed by atoms with Crippen molar-refractivity contribution in [2.24, 2.45) is 0 Å². The van der Waals surface area contributed by atoms with Gasteiger partial charge in [-0.2, -0.15) is 0 Å². The van der Waals surface area contributed by atoms with Crippen LogP contribution in [0.15, 0.2) is 22.7 Å². The molecule has 4 nitrogen and oxygen atoms in total. The molecule has 5 heteroatoms. The minimum Gasteiger partial charge on any atom is -0.497 e. The predicted molar refractivity (Wildman–Crippen MR) is 81.4 cm³/mol. The Labute approximate surface area is 121 Å². The molecule has 0 amide bonds. The molecule has 0 radical (unpaired) electrons. The Morgan fingerprint density at radius 1 is 1.37 bits per heavy atom. The van der Waals surface area contributed by atoms with E-state index in [-0.39, 0.29) is 6.04 Å². The average Bonchev–Trinajstić information content (AvgIpc) is 2.65. The third-order valence-electron chi connectivity index (χ3n) is 3.07. The minimum absolute atomic E-state index is 0.283. The van der Waals surface area contributed by atoms with Crippen molar-refractivity contribution in [2.75, 3.05) is 12.8 Å². The first-order valence-electron chi connectivity index (χ1n) is 6.14. The molecular weight excluding hydrogens is 306 g/mol. The topological polar surface area (TPSA) is 53.1 Å². The summed E-state index contributed by atoms with van der Waals surface area (Å²) in [7, 11) is 1.65. The summed E-state index contributed by atoms with van der Waals surface area (Å²) in [5, 5.41) is 0. The molecule has 0 spiro atoms. The summed E-state index contributed by atoms with van der Waals surface area (Å²) >= 11 is 3.54. The first-order chi connectivity index (χ1) is 8.95. The number of aromatic nitrogens is 2. The fourth-order valence-corrected chi connectivity index (χ4v) is 2.66. The molecule has 1 heterocycles. The molecule has 0 saturated heterocycles. The number of aryl methyl sites for hydroxylation is 1. The lowest BCUT2D eigenvalue weighted by Gasteiger charge is -2.12. The molecule has 2 N–H and O–H groups in total. The van der Waals surface area contributed by atoms with Gasteiger partial charge < -0.3 is 15.0 Å². The Morgan fingerprint density at radius 2 is 2.05 bits per heavy atom. The smallest absolute Gasteiger partial charge is 0.132 e. The van der Waals surface area contributed by atoms with Crippen molar-refractivity contribution in [2.45, 2.75) is 26.8 Å². The normalized spacial score (nSPS) is 11.1. The van der Waals surface area contributed by atoms with Crippen LogP contribution >= 0.6 is 15.9 Å². The first kappa shape index (κ1) is 13.9. The molecule has 2 rings (SSSR count). The van der Waals surface area contributed by atoms with Gasteiger partial charge >= 0.3 is 0 Å². The monoisotopic (exact) mass is 323 g/mol. The van der Waals surface area contributed by atoms with Crippen LogP contribution in [-0.4, -0.2) is 16.7 Å². The van der Waals surface area contributed by atoms with E-state index < -0.39 is 0 Å². The highest BCUT2D eigenvalue weighted by Crippen LogP contribution is 2.35. The van der Waals surface area contributed by atoms with Crippen molar-refractivity contribution in [3.63, 3.8) is 0 Å². The fourth-order valence-electron chi connectivity index (χ4n) is 2.22. The third kappa shape index (κ3) is 2.47. The second kappa shape index (κ2) is 5.25. The van der Waals surface area contributed by atoms with E-state index in [2.05, 4.69) is 34.8 Å². The van der Waals surface area contributed by atoms with Gasteiger partial charge in [-0.25, -0.2) is 4.98 Å². The number of imidazole rings is 1. The molecule has 0 atom stereocenters. The number of hydrogen-bond donors (Lipinski definition) is 1. The molecule has 1 aromatic carbocycles. The number of rotatable bonds is 3. The van der Waals surface area contributed by atoms with Crippen molar-refractivity contribution in [1.29, 1.82) is 0 Å². The number of nitrogens with zero attached hydrogens (tertiary/aromatic N) is 2. The van der Waals surface area contributed by atoms with Gasteiger partial charge in [-0.15, -0.1) is 0 Å². The molecule has 0 fully saturated rings. The molecule has 19 heavy (non-hydrogen) atoms. The highest BCUT2D eigenvalue weighted by molar-refractivity contribution is 9.10. The zero-order valence-corrected chi connectivity index (χ0v) is 13.2. The van der Waals surface area contributed by atoms with Crippen LogP contribution < -0.4 is 10.5 Å². The Balaban J connectivity index is 2.62. The lowest BCUT2D eigenvalue weighted by molar-refractivity contribution is 0.415. The molecule has 2 aromatic rings. The molecule has 0 aliphatic carbocycles. The van der Waals surface area contributed by atoms with E-state index in [1.54, 1.807) is 7.11 Å². The van der Waals surface area contributed by atoms with Gasteiger partial charge in [0.15, 0.2) is 0 Å². The molecule has 102 valence electrons. The average molecular weight is 324 g/mol. The summed E-state index contributed by atoms with van der Waals surface area (Å²) in [6.45, 7) is 6.15. The van der Waals surface area contributed by atoms with Crippen LogP contribution in [0.2, 0.25) is 0 Å². The van der Waals surface area contributed by atoms with Gasteiger partial charge in [0.1, 0.15) is 23.1 Å². The van der Waals surface area contributed by atoms with Crippen LogP contribution in [0.1, 0.15) is 25.7 Å². The van der Waals surface area contributed by atoms with Gasteiger partial charge in [-0.3, -0.25) is 0 Å². The van der Waals surface area contributed by atoms with Crippen molar-refractivity contribution < 1.29 is 4.74 Å². The number of nitrogen functional groups attached to an aromatic ring is 1. The zero-order valence-electron chi connectivity index (χ0n) is 11.6. The summed E-state index contributed by atoms with van der Waals surface area (Å²) in [6.07, 6.45) is 0. The van der Waals surface area contributed by atoms with E-state index >= 15 is 0 Å². The van der Waals surface area contributed by atoms with E-state index in [1.807, 2.05) is 29.7 Å². The molecule has 0 aliphatic rings. The lowest BCUT2D eigenvalue weighted by atomic mass is 10.1. The summed E-state index contributed by atoms with van der Waals surface area (Å²) < 4.78 is 8.24. The van der Waals surface area contributed by atoms with E-state index in [0.29, 0.717) is 5.82 Å². The fraction of sp³-hybridized carbons (Fsp3) is 0.357. The van der Waals surface area contributed by atoms with E-state index in [4.69, 9.17) is 10.5 Å². The highest BCUT2D eigenvalue weighted by Gasteiger charge is 2.17. The van der Waals surface area contributed by atoms with Gasteiger partial charge in [-0.05, 0) is 39.0 Å². The number of benzene rings is 1. The van der Waals surface area contributed by atoms with Crippen molar-refractivity contribution in [3.8, 4) is 17.0 Å².